The number of likely N-dealkylation sites (tertiary alicyclic amines) is 1. The van der Waals surface area contributed by atoms with Crippen molar-refractivity contribution in [3.8, 4) is 0 Å². The van der Waals surface area contributed by atoms with Crippen LogP contribution >= 0.6 is 0 Å². The van der Waals surface area contributed by atoms with Crippen molar-refractivity contribution in [3.05, 3.63) is 0 Å². The van der Waals surface area contributed by atoms with Crippen LogP contribution in [0.25, 0.3) is 0 Å². The highest BCUT2D eigenvalue weighted by Crippen LogP contribution is 2.37. The molecule has 1 aliphatic rings. The Hall–Kier alpha value is -1.35. The second-order valence-corrected chi connectivity index (χ2v) is 5.58. The minimum Gasteiger partial charge on any atom is -0.379 e. The molecule has 1 saturated heterocycles. The van der Waals surface area contributed by atoms with Crippen molar-refractivity contribution in [1.82, 2.24) is 10.2 Å². The summed E-state index contributed by atoms with van der Waals surface area (Å²) in [7, 11) is 0. The van der Waals surface area contributed by atoms with Gasteiger partial charge in [0, 0.05) is 13.0 Å². The monoisotopic (exact) mass is 311 g/mol. The Morgan fingerprint density at radius 1 is 1.43 bits per heavy atom. The fourth-order valence-corrected chi connectivity index (χ4v) is 1.93. The molecule has 6 nitrogen and oxygen atoms in total. The molecular weight excluding hydrogens is 291 g/mol. The molecule has 0 bridgehead atoms. The van der Waals surface area contributed by atoms with E-state index >= 15 is 0 Å². The number of nitrogens with one attached hydrogen (secondary N) is 1. The van der Waals surface area contributed by atoms with Crippen molar-refractivity contribution in [1.29, 1.82) is 0 Å². The highest BCUT2D eigenvalue weighted by molar-refractivity contribution is 5.87. The Bertz CT molecular complexity index is 414. The summed E-state index contributed by atoms with van der Waals surface area (Å²) in [6.45, 7) is 2.00. The Morgan fingerprint density at radius 3 is 2.43 bits per heavy atom. The van der Waals surface area contributed by atoms with E-state index in [2.05, 4.69) is 5.32 Å². The molecule has 1 fully saturated rings. The van der Waals surface area contributed by atoms with Crippen molar-refractivity contribution < 1.29 is 27.9 Å². The summed E-state index contributed by atoms with van der Waals surface area (Å²) in [5.41, 5.74) is 2.70. The van der Waals surface area contributed by atoms with Crippen molar-refractivity contribution in [2.75, 3.05) is 19.6 Å². The highest BCUT2D eigenvalue weighted by Gasteiger charge is 2.57. The normalized spacial score (nSPS) is 24.3. The number of alkyl halides is 3. The fourth-order valence-electron chi connectivity index (χ4n) is 1.93. The lowest BCUT2D eigenvalue weighted by molar-refractivity contribution is -0.253. The average Bonchev–Trinajstić information content (AvgIpc) is 2.78. The second-order valence-electron chi connectivity index (χ2n) is 5.58. The number of aliphatic hydroxyl groups is 1. The first-order chi connectivity index (χ1) is 9.48. The molecule has 0 aromatic rings. The van der Waals surface area contributed by atoms with Gasteiger partial charge in [-0.05, 0) is 5.92 Å². The van der Waals surface area contributed by atoms with E-state index in [0.717, 1.165) is 4.90 Å². The summed E-state index contributed by atoms with van der Waals surface area (Å²) in [6.07, 6.45) is -5.35. The summed E-state index contributed by atoms with van der Waals surface area (Å²) in [4.78, 5) is 24.2. The van der Waals surface area contributed by atoms with E-state index in [1.54, 1.807) is 13.8 Å². The summed E-state index contributed by atoms with van der Waals surface area (Å²) in [5, 5.41) is 11.7. The number of nitrogens with two attached hydrogens (primary N) is 1. The third-order valence-electron chi connectivity index (χ3n) is 3.56. The molecule has 2 atom stereocenters. The molecule has 0 aromatic heterocycles. The van der Waals surface area contributed by atoms with Gasteiger partial charge in [-0.25, -0.2) is 0 Å². The molecule has 0 radical (unpaired) electrons. The van der Waals surface area contributed by atoms with Crippen LogP contribution in [0.2, 0.25) is 0 Å². The Labute approximate surface area is 120 Å². The van der Waals surface area contributed by atoms with Crippen molar-refractivity contribution in [2.24, 2.45) is 11.7 Å². The van der Waals surface area contributed by atoms with E-state index < -0.39 is 49.1 Å². The molecule has 1 aliphatic heterocycles. The molecule has 1 heterocycles. The fraction of sp³-hybridized carbons (Fsp3) is 0.833. The van der Waals surface area contributed by atoms with Gasteiger partial charge in [0.15, 0.2) is 5.60 Å². The van der Waals surface area contributed by atoms with Crippen LogP contribution in [0.15, 0.2) is 0 Å². The predicted octanol–water partition coefficient (Wildman–Crippen LogP) is -0.388. The summed E-state index contributed by atoms with van der Waals surface area (Å²) in [5.74, 6) is -1.34. The topological polar surface area (TPSA) is 95.7 Å². The van der Waals surface area contributed by atoms with Crippen molar-refractivity contribution in [3.63, 3.8) is 0 Å². The minimum atomic E-state index is -4.79. The van der Waals surface area contributed by atoms with Crippen LogP contribution in [0.4, 0.5) is 13.2 Å². The number of hydrogen-bond acceptors (Lipinski definition) is 4. The van der Waals surface area contributed by atoms with Gasteiger partial charge < -0.3 is 21.1 Å². The van der Waals surface area contributed by atoms with Gasteiger partial charge in [-0.15, -0.1) is 0 Å². The number of amides is 2. The number of halogens is 3. The smallest absolute Gasteiger partial charge is 0.379 e. The molecule has 4 N–H and O–H groups in total. The standard InChI is InChI=1S/C12H20F3N3O3/c1-7(2)9(16)10(20)17-5-8(19)18-4-3-11(21,6-18)12(13,14)15/h7,9,21H,3-6,16H2,1-2H3,(H,17,20)/t9-,11?/m0/s1. The molecule has 21 heavy (non-hydrogen) atoms. The van der Waals surface area contributed by atoms with E-state index in [1.165, 1.54) is 0 Å². The minimum absolute atomic E-state index is 0.123. The number of rotatable bonds is 4. The molecule has 2 amide bonds. The van der Waals surface area contributed by atoms with Gasteiger partial charge in [0.1, 0.15) is 0 Å². The van der Waals surface area contributed by atoms with E-state index in [4.69, 9.17) is 5.73 Å². The number of β-amino-alcohol motifs (C(OH)–C–C–N with tert-alkyl or cyclic N) is 1. The van der Waals surface area contributed by atoms with E-state index in [0.29, 0.717) is 0 Å². The largest absolute Gasteiger partial charge is 0.419 e. The van der Waals surface area contributed by atoms with Crippen molar-refractivity contribution in [2.45, 2.75) is 38.1 Å². The van der Waals surface area contributed by atoms with Gasteiger partial charge in [0.25, 0.3) is 0 Å². The van der Waals surface area contributed by atoms with Gasteiger partial charge >= 0.3 is 6.18 Å². The first-order valence-electron chi connectivity index (χ1n) is 6.58. The number of carbonyl (C=O) groups is 2. The van der Waals surface area contributed by atoms with Crippen LogP contribution in [0.5, 0.6) is 0 Å². The van der Waals surface area contributed by atoms with Gasteiger partial charge in [-0.2, -0.15) is 13.2 Å². The molecule has 0 aliphatic carbocycles. The lowest BCUT2D eigenvalue weighted by atomic mass is 10.0. The molecule has 1 unspecified atom stereocenters. The zero-order chi connectivity index (χ0) is 16.4. The second kappa shape index (κ2) is 6.18. The quantitative estimate of drug-likeness (QED) is 0.659. The molecule has 122 valence electrons. The van der Waals surface area contributed by atoms with Crippen LogP contribution in [0.3, 0.4) is 0 Å². The first-order valence-corrected chi connectivity index (χ1v) is 6.58. The first kappa shape index (κ1) is 17.7. The van der Waals surface area contributed by atoms with E-state index in [9.17, 15) is 27.9 Å². The third kappa shape index (κ3) is 4.07. The van der Waals surface area contributed by atoms with Gasteiger partial charge in [0.05, 0.1) is 19.1 Å². The maximum Gasteiger partial charge on any atom is 0.419 e. The third-order valence-corrected chi connectivity index (χ3v) is 3.56. The Kier molecular flexibility index (Phi) is 5.21. The molecular formula is C12H20F3N3O3. The molecule has 9 heteroatoms. The lowest BCUT2D eigenvalue weighted by Crippen LogP contribution is -2.50. The van der Waals surface area contributed by atoms with Crippen LogP contribution < -0.4 is 11.1 Å². The number of hydrogen-bond donors (Lipinski definition) is 3. The van der Waals surface area contributed by atoms with Crippen LogP contribution in [-0.4, -0.2) is 59.3 Å². The van der Waals surface area contributed by atoms with Crippen molar-refractivity contribution >= 4 is 11.8 Å². The zero-order valence-corrected chi connectivity index (χ0v) is 11.9. The Morgan fingerprint density at radius 2 is 2.00 bits per heavy atom. The number of carbonyl (C=O) groups excluding carboxylic acids is 2. The van der Waals surface area contributed by atoms with Crippen LogP contribution in [0.1, 0.15) is 20.3 Å². The SMILES string of the molecule is CC(C)[C@H](N)C(=O)NCC(=O)N1CCC(O)(C(F)(F)F)C1. The average molecular weight is 311 g/mol. The summed E-state index contributed by atoms with van der Waals surface area (Å²) >= 11 is 0. The number of nitrogens with zero attached hydrogens (tertiary/aromatic N) is 1. The summed E-state index contributed by atoms with van der Waals surface area (Å²) < 4.78 is 37.8. The predicted molar refractivity (Wildman–Crippen MR) is 68.0 cm³/mol. The van der Waals surface area contributed by atoms with Gasteiger partial charge in [-0.1, -0.05) is 13.8 Å². The van der Waals surface area contributed by atoms with Gasteiger partial charge in [-0.3, -0.25) is 9.59 Å². The zero-order valence-electron chi connectivity index (χ0n) is 11.9. The van der Waals surface area contributed by atoms with E-state index in [-0.39, 0.29) is 12.5 Å². The highest BCUT2D eigenvalue weighted by atomic mass is 19.4. The Balaban J connectivity index is 2.50. The summed E-state index contributed by atoms with van der Waals surface area (Å²) in [6, 6.07) is -0.788. The van der Waals surface area contributed by atoms with Crippen LogP contribution in [-0.2, 0) is 9.59 Å². The maximum absolute atomic E-state index is 12.6. The molecule has 0 saturated carbocycles. The van der Waals surface area contributed by atoms with Gasteiger partial charge in [0.2, 0.25) is 11.8 Å². The maximum atomic E-state index is 12.6. The molecule has 0 spiro atoms. The van der Waals surface area contributed by atoms with E-state index in [1.807, 2.05) is 0 Å². The molecule has 0 aromatic carbocycles. The van der Waals surface area contributed by atoms with Crippen LogP contribution in [0, 0.1) is 5.92 Å². The molecule has 1 rings (SSSR count). The lowest BCUT2D eigenvalue weighted by Gasteiger charge is -2.26.